The summed E-state index contributed by atoms with van der Waals surface area (Å²) in [6.45, 7) is 0.758. The van der Waals surface area contributed by atoms with Crippen molar-refractivity contribution in [2.75, 3.05) is 6.61 Å². The van der Waals surface area contributed by atoms with Crippen LogP contribution in [0.5, 0.6) is 0 Å². The van der Waals surface area contributed by atoms with Crippen molar-refractivity contribution in [3.8, 4) is 0 Å². The molecular formula is C14H17F3O2. The van der Waals surface area contributed by atoms with Gasteiger partial charge in [-0.15, -0.1) is 0 Å². The molecular weight excluding hydrogens is 257 g/mol. The number of aliphatic hydroxyl groups is 1. The third-order valence-corrected chi connectivity index (χ3v) is 3.40. The quantitative estimate of drug-likeness (QED) is 0.890. The Morgan fingerprint density at radius 2 is 1.95 bits per heavy atom. The Morgan fingerprint density at radius 3 is 2.53 bits per heavy atom. The van der Waals surface area contributed by atoms with Gasteiger partial charge in [0.15, 0.2) is 0 Å². The predicted octanol–water partition coefficient (Wildman–Crippen LogP) is 3.49. The first kappa shape index (κ1) is 14.3. The molecule has 0 bridgehead atoms. The molecule has 1 heterocycles. The lowest BCUT2D eigenvalue weighted by molar-refractivity contribution is 0.0935. The highest BCUT2D eigenvalue weighted by molar-refractivity contribution is 5.23. The molecule has 1 saturated heterocycles. The van der Waals surface area contributed by atoms with E-state index in [0.29, 0.717) is 18.6 Å². The summed E-state index contributed by atoms with van der Waals surface area (Å²) in [5.41, 5.74) is -0.450. The molecule has 0 radical (unpaired) electrons. The average Bonchev–Trinajstić information content (AvgIpc) is 2.80. The highest BCUT2D eigenvalue weighted by Gasteiger charge is 2.21. The first-order chi connectivity index (χ1) is 9.08. The van der Waals surface area contributed by atoms with Gasteiger partial charge in [0.05, 0.1) is 17.8 Å². The molecule has 1 aromatic rings. The molecule has 2 atom stereocenters. The molecule has 1 aliphatic rings. The number of hydrogen-bond donors (Lipinski definition) is 1. The van der Waals surface area contributed by atoms with Gasteiger partial charge >= 0.3 is 0 Å². The van der Waals surface area contributed by atoms with Gasteiger partial charge in [0.25, 0.3) is 0 Å². The Hall–Kier alpha value is -1.07. The van der Waals surface area contributed by atoms with E-state index in [-0.39, 0.29) is 12.5 Å². The highest BCUT2D eigenvalue weighted by atomic mass is 19.1. The van der Waals surface area contributed by atoms with E-state index in [1.807, 2.05) is 0 Å². The third kappa shape index (κ3) is 3.70. The van der Waals surface area contributed by atoms with Crippen LogP contribution in [-0.2, 0) is 4.74 Å². The van der Waals surface area contributed by atoms with Crippen LogP contribution in [0, 0.1) is 17.5 Å². The van der Waals surface area contributed by atoms with Gasteiger partial charge in [0.2, 0.25) is 0 Å². The molecule has 0 amide bonds. The maximum Gasteiger partial charge on any atom is 0.134 e. The zero-order valence-corrected chi connectivity index (χ0v) is 10.5. The van der Waals surface area contributed by atoms with E-state index in [4.69, 9.17) is 4.74 Å². The van der Waals surface area contributed by atoms with Crippen LogP contribution in [0.3, 0.4) is 0 Å². The van der Waals surface area contributed by atoms with Gasteiger partial charge in [0, 0.05) is 18.7 Å². The Balaban J connectivity index is 1.90. The van der Waals surface area contributed by atoms with Crippen LogP contribution in [0.15, 0.2) is 12.1 Å². The van der Waals surface area contributed by atoms with Crippen LogP contribution >= 0.6 is 0 Å². The second-order valence-electron chi connectivity index (χ2n) is 4.86. The number of hydrogen-bond acceptors (Lipinski definition) is 2. The van der Waals surface area contributed by atoms with Crippen LogP contribution in [0.1, 0.15) is 43.8 Å². The second-order valence-corrected chi connectivity index (χ2v) is 4.86. The van der Waals surface area contributed by atoms with Crippen LogP contribution in [-0.4, -0.2) is 17.8 Å². The summed E-state index contributed by atoms with van der Waals surface area (Å²) in [6, 6.07) is 1.17. The first-order valence-electron chi connectivity index (χ1n) is 6.52. The van der Waals surface area contributed by atoms with Crippen LogP contribution in [0.25, 0.3) is 0 Å². The normalized spacial score (nSPS) is 20.7. The van der Waals surface area contributed by atoms with E-state index in [9.17, 15) is 18.3 Å². The van der Waals surface area contributed by atoms with Crippen molar-refractivity contribution >= 4 is 0 Å². The lowest BCUT2D eigenvalue weighted by Gasteiger charge is -2.14. The fourth-order valence-electron chi connectivity index (χ4n) is 2.43. The number of rotatable bonds is 5. The summed E-state index contributed by atoms with van der Waals surface area (Å²) >= 11 is 0. The van der Waals surface area contributed by atoms with Gasteiger partial charge in [-0.1, -0.05) is 0 Å². The lowest BCUT2D eigenvalue weighted by atomic mass is 10.0. The minimum Gasteiger partial charge on any atom is -0.388 e. The van der Waals surface area contributed by atoms with E-state index in [1.165, 1.54) is 0 Å². The van der Waals surface area contributed by atoms with E-state index in [2.05, 4.69) is 0 Å². The molecule has 1 aromatic carbocycles. The number of aliphatic hydroxyl groups excluding tert-OH is 1. The summed E-state index contributed by atoms with van der Waals surface area (Å²) in [7, 11) is 0. The van der Waals surface area contributed by atoms with E-state index >= 15 is 0 Å². The van der Waals surface area contributed by atoms with Crippen molar-refractivity contribution in [2.24, 2.45) is 0 Å². The monoisotopic (exact) mass is 274 g/mol. The topological polar surface area (TPSA) is 29.5 Å². The Morgan fingerprint density at radius 1 is 1.26 bits per heavy atom. The van der Waals surface area contributed by atoms with Crippen molar-refractivity contribution in [1.29, 1.82) is 0 Å². The van der Waals surface area contributed by atoms with Crippen molar-refractivity contribution in [3.05, 3.63) is 35.1 Å². The third-order valence-electron chi connectivity index (χ3n) is 3.40. The van der Waals surface area contributed by atoms with Gasteiger partial charge < -0.3 is 9.84 Å². The number of benzene rings is 1. The maximum absolute atomic E-state index is 13.4. The molecule has 1 aliphatic heterocycles. The summed E-state index contributed by atoms with van der Waals surface area (Å²) in [5, 5.41) is 9.80. The molecule has 2 rings (SSSR count). The molecule has 2 unspecified atom stereocenters. The summed E-state index contributed by atoms with van der Waals surface area (Å²) in [5.74, 6) is -3.06. The molecule has 1 N–H and O–H groups in total. The predicted molar refractivity (Wildman–Crippen MR) is 64.1 cm³/mol. The Labute approximate surface area is 110 Å². The Bertz CT molecular complexity index is 408. The molecule has 19 heavy (non-hydrogen) atoms. The van der Waals surface area contributed by atoms with E-state index in [0.717, 1.165) is 25.9 Å². The second kappa shape index (κ2) is 6.39. The summed E-state index contributed by atoms with van der Waals surface area (Å²) < 4.78 is 45.0. The molecule has 106 valence electrons. The van der Waals surface area contributed by atoms with E-state index < -0.39 is 29.1 Å². The van der Waals surface area contributed by atoms with Gasteiger partial charge in [-0.2, -0.15) is 0 Å². The van der Waals surface area contributed by atoms with Gasteiger partial charge in [-0.05, 0) is 32.1 Å². The van der Waals surface area contributed by atoms with Crippen molar-refractivity contribution in [2.45, 2.75) is 44.3 Å². The zero-order valence-electron chi connectivity index (χ0n) is 10.5. The van der Waals surface area contributed by atoms with Crippen LogP contribution in [0.2, 0.25) is 0 Å². The van der Waals surface area contributed by atoms with Gasteiger partial charge in [-0.3, -0.25) is 0 Å². The minimum absolute atomic E-state index is 0.190. The number of ether oxygens (including phenoxy) is 1. The largest absolute Gasteiger partial charge is 0.388 e. The van der Waals surface area contributed by atoms with E-state index in [1.54, 1.807) is 0 Å². The summed E-state index contributed by atoms with van der Waals surface area (Å²) in [4.78, 5) is 0. The fourth-order valence-corrected chi connectivity index (χ4v) is 2.43. The van der Waals surface area contributed by atoms with Crippen LogP contribution in [0.4, 0.5) is 13.2 Å². The number of halogens is 3. The fraction of sp³-hybridized carbons (Fsp3) is 0.571. The molecule has 1 fully saturated rings. The molecule has 0 spiro atoms. The van der Waals surface area contributed by atoms with Crippen LogP contribution < -0.4 is 0 Å². The van der Waals surface area contributed by atoms with Gasteiger partial charge in [0.1, 0.15) is 17.5 Å². The highest BCUT2D eigenvalue weighted by Crippen LogP contribution is 2.27. The lowest BCUT2D eigenvalue weighted by Crippen LogP contribution is -2.08. The Kier molecular flexibility index (Phi) is 4.82. The maximum atomic E-state index is 13.4. The zero-order chi connectivity index (χ0) is 13.8. The molecule has 2 nitrogen and oxygen atoms in total. The standard InChI is InChI=1S/C14H17F3O2/c15-9-7-11(16)14(12(17)8-9)13(18)5-1-3-10-4-2-6-19-10/h7-8,10,13,18H,1-6H2. The minimum atomic E-state index is -1.25. The van der Waals surface area contributed by atoms with Crippen molar-refractivity contribution in [3.63, 3.8) is 0 Å². The summed E-state index contributed by atoms with van der Waals surface area (Å²) in [6.07, 6.45) is 2.59. The van der Waals surface area contributed by atoms with Crippen molar-refractivity contribution < 1.29 is 23.0 Å². The van der Waals surface area contributed by atoms with Crippen molar-refractivity contribution in [1.82, 2.24) is 0 Å². The smallest absolute Gasteiger partial charge is 0.134 e. The molecule has 0 aromatic heterocycles. The van der Waals surface area contributed by atoms with Gasteiger partial charge in [-0.25, -0.2) is 13.2 Å². The SMILES string of the molecule is OC(CCCC1CCCO1)c1c(F)cc(F)cc1F. The molecule has 5 heteroatoms. The molecule has 0 saturated carbocycles. The molecule has 0 aliphatic carbocycles. The average molecular weight is 274 g/mol. The first-order valence-corrected chi connectivity index (χ1v) is 6.52.